The van der Waals surface area contributed by atoms with Gasteiger partial charge in [0.05, 0.1) is 32.3 Å². The molecule has 0 spiro atoms. The van der Waals surface area contributed by atoms with Gasteiger partial charge < -0.3 is 34.4 Å². The third-order valence-electron chi connectivity index (χ3n) is 5.34. The van der Waals surface area contributed by atoms with Crippen molar-refractivity contribution in [2.45, 2.75) is 19.8 Å². The van der Waals surface area contributed by atoms with Crippen LogP contribution in [-0.2, 0) is 27.1 Å². The van der Waals surface area contributed by atoms with Gasteiger partial charge in [-0.1, -0.05) is 6.92 Å². The zero-order valence-electron chi connectivity index (χ0n) is 19.4. The molecule has 1 amide bonds. The van der Waals surface area contributed by atoms with Gasteiger partial charge in [0, 0.05) is 38.9 Å². The monoisotopic (exact) mass is 461 g/mol. The zero-order valence-corrected chi connectivity index (χ0v) is 19.4. The van der Waals surface area contributed by atoms with E-state index in [1.807, 2.05) is 0 Å². The molecule has 180 valence electrons. The number of phenolic OH excluding ortho intramolecular Hbond substituents is 3. The fourth-order valence-corrected chi connectivity index (χ4v) is 3.58. The predicted molar refractivity (Wildman–Crippen MR) is 121 cm³/mol. The number of carbonyl (C=O) groups excluding carboxylic acids is 2. The van der Waals surface area contributed by atoms with Crippen LogP contribution in [0.25, 0.3) is 0 Å². The second-order valence-corrected chi connectivity index (χ2v) is 7.36. The van der Waals surface area contributed by atoms with Crippen LogP contribution in [0.15, 0.2) is 24.3 Å². The van der Waals surface area contributed by atoms with Crippen molar-refractivity contribution in [2.75, 3.05) is 47.6 Å². The topological polar surface area (TPSA) is 126 Å². The third kappa shape index (κ3) is 6.15. The standard InChI is InChI=1S/C24H31NO8/c1-5-16-17(13-22(29)25(8-10-31-2)9-11-32-3)23(20(28)14-19(16)27)24(30)15-6-7-18(26)21(12-15)33-4/h6-7,12,14,26-28H,5,8-11,13H2,1-4H3. The van der Waals surface area contributed by atoms with E-state index < -0.39 is 11.5 Å². The maximum Gasteiger partial charge on any atom is 0.227 e. The summed E-state index contributed by atoms with van der Waals surface area (Å²) in [6.07, 6.45) is 0.124. The molecule has 2 rings (SSSR count). The molecule has 0 saturated carbocycles. The first kappa shape index (κ1) is 26.0. The van der Waals surface area contributed by atoms with E-state index in [0.29, 0.717) is 38.3 Å². The molecule has 0 aliphatic carbocycles. The van der Waals surface area contributed by atoms with E-state index in [2.05, 4.69) is 0 Å². The van der Waals surface area contributed by atoms with Crippen LogP contribution in [0.4, 0.5) is 0 Å². The normalized spacial score (nSPS) is 10.8. The number of aromatic hydroxyl groups is 3. The summed E-state index contributed by atoms with van der Waals surface area (Å²) < 4.78 is 15.2. The largest absolute Gasteiger partial charge is 0.508 e. The number of methoxy groups -OCH3 is 3. The Hall–Kier alpha value is -3.30. The Balaban J connectivity index is 2.55. The van der Waals surface area contributed by atoms with E-state index in [9.17, 15) is 24.9 Å². The summed E-state index contributed by atoms with van der Waals surface area (Å²) in [4.78, 5) is 28.1. The van der Waals surface area contributed by atoms with Crippen molar-refractivity contribution in [3.8, 4) is 23.0 Å². The van der Waals surface area contributed by atoms with Crippen molar-refractivity contribution in [1.82, 2.24) is 4.90 Å². The van der Waals surface area contributed by atoms with Crippen molar-refractivity contribution < 1.29 is 39.1 Å². The summed E-state index contributed by atoms with van der Waals surface area (Å²) in [5.74, 6) is -1.55. The van der Waals surface area contributed by atoms with Crippen LogP contribution in [-0.4, -0.2) is 79.5 Å². The van der Waals surface area contributed by atoms with Gasteiger partial charge in [-0.05, 0) is 35.7 Å². The van der Waals surface area contributed by atoms with Crippen molar-refractivity contribution in [3.05, 3.63) is 46.5 Å². The van der Waals surface area contributed by atoms with Gasteiger partial charge in [-0.3, -0.25) is 9.59 Å². The minimum absolute atomic E-state index is 0.0795. The van der Waals surface area contributed by atoms with Gasteiger partial charge in [-0.25, -0.2) is 0 Å². The van der Waals surface area contributed by atoms with Gasteiger partial charge in [-0.2, -0.15) is 0 Å². The van der Waals surface area contributed by atoms with Crippen molar-refractivity contribution in [1.29, 1.82) is 0 Å². The van der Waals surface area contributed by atoms with E-state index in [4.69, 9.17) is 14.2 Å². The number of carbonyl (C=O) groups is 2. The van der Waals surface area contributed by atoms with Gasteiger partial charge in [0.1, 0.15) is 11.5 Å². The molecule has 0 heterocycles. The quantitative estimate of drug-likeness (QED) is 0.411. The first-order chi connectivity index (χ1) is 15.8. The summed E-state index contributed by atoms with van der Waals surface area (Å²) in [5.41, 5.74) is 0.715. The Labute approximate surface area is 193 Å². The lowest BCUT2D eigenvalue weighted by atomic mass is 9.89. The molecule has 2 aromatic rings. The fraction of sp³-hybridized carbons (Fsp3) is 0.417. The molecule has 0 aromatic heterocycles. The van der Waals surface area contributed by atoms with Gasteiger partial charge in [-0.15, -0.1) is 0 Å². The Morgan fingerprint density at radius 3 is 2.06 bits per heavy atom. The SMILES string of the molecule is CCc1c(O)cc(O)c(C(=O)c2ccc(O)c(OC)c2)c1CC(=O)N(CCOC)CCOC. The van der Waals surface area contributed by atoms with E-state index in [1.54, 1.807) is 11.8 Å². The summed E-state index contributed by atoms with van der Waals surface area (Å²) in [5, 5.41) is 30.9. The van der Waals surface area contributed by atoms with Crippen molar-refractivity contribution in [2.24, 2.45) is 0 Å². The van der Waals surface area contributed by atoms with Gasteiger partial charge in [0.2, 0.25) is 5.91 Å². The number of benzene rings is 2. The number of hydrogen-bond acceptors (Lipinski definition) is 8. The molecular weight excluding hydrogens is 430 g/mol. The summed E-state index contributed by atoms with van der Waals surface area (Å²) in [7, 11) is 4.42. The van der Waals surface area contributed by atoms with Crippen LogP contribution in [0.1, 0.15) is 34.0 Å². The molecule has 9 heteroatoms. The predicted octanol–water partition coefficient (Wildman–Crippen LogP) is 2.27. The zero-order chi connectivity index (χ0) is 24.5. The van der Waals surface area contributed by atoms with Gasteiger partial charge >= 0.3 is 0 Å². The van der Waals surface area contributed by atoms with Crippen molar-refractivity contribution in [3.63, 3.8) is 0 Å². The number of phenols is 3. The average Bonchev–Trinajstić information content (AvgIpc) is 2.79. The van der Waals surface area contributed by atoms with Crippen LogP contribution in [0.2, 0.25) is 0 Å². The van der Waals surface area contributed by atoms with Gasteiger partial charge in [0.25, 0.3) is 0 Å². The smallest absolute Gasteiger partial charge is 0.227 e. The van der Waals surface area contributed by atoms with E-state index in [-0.39, 0.29) is 46.3 Å². The number of nitrogens with zero attached hydrogens (tertiary/aromatic N) is 1. The molecule has 0 saturated heterocycles. The molecule has 0 aliphatic heterocycles. The molecule has 9 nitrogen and oxygen atoms in total. The Morgan fingerprint density at radius 2 is 1.52 bits per heavy atom. The van der Waals surface area contributed by atoms with Crippen LogP contribution in [0, 0.1) is 0 Å². The highest BCUT2D eigenvalue weighted by molar-refractivity contribution is 6.12. The minimum Gasteiger partial charge on any atom is -0.508 e. The maximum atomic E-state index is 13.4. The Morgan fingerprint density at radius 1 is 0.879 bits per heavy atom. The number of ketones is 1. The number of ether oxygens (including phenoxy) is 3. The Bertz CT molecular complexity index is 981. The molecule has 2 aromatic carbocycles. The van der Waals surface area contributed by atoms with E-state index in [1.165, 1.54) is 39.5 Å². The lowest BCUT2D eigenvalue weighted by Crippen LogP contribution is -2.37. The number of hydrogen-bond donors (Lipinski definition) is 3. The molecule has 33 heavy (non-hydrogen) atoms. The van der Waals surface area contributed by atoms with Crippen LogP contribution in [0.5, 0.6) is 23.0 Å². The second-order valence-electron chi connectivity index (χ2n) is 7.36. The lowest BCUT2D eigenvalue weighted by molar-refractivity contribution is -0.131. The van der Waals surface area contributed by atoms with E-state index in [0.717, 1.165) is 6.07 Å². The van der Waals surface area contributed by atoms with E-state index >= 15 is 0 Å². The van der Waals surface area contributed by atoms with Crippen LogP contribution >= 0.6 is 0 Å². The highest BCUT2D eigenvalue weighted by Gasteiger charge is 2.27. The lowest BCUT2D eigenvalue weighted by Gasteiger charge is -2.24. The van der Waals surface area contributed by atoms with Crippen LogP contribution in [0.3, 0.4) is 0 Å². The highest BCUT2D eigenvalue weighted by Crippen LogP contribution is 2.36. The minimum atomic E-state index is -0.566. The van der Waals surface area contributed by atoms with Crippen molar-refractivity contribution >= 4 is 11.7 Å². The molecule has 0 fully saturated rings. The summed E-state index contributed by atoms with van der Waals surface area (Å²) in [6, 6.07) is 5.16. The number of amides is 1. The maximum absolute atomic E-state index is 13.4. The number of rotatable bonds is 12. The molecule has 3 N–H and O–H groups in total. The Kier molecular flexibility index (Phi) is 9.50. The molecule has 0 aliphatic rings. The second kappa shape index (κ2) is 12.1. The molecule has 0 atom stereocenters. The molecule has 0 radical (unpaired) electrons. The summed E-state index contributed by atoms with van der Waals surface area (Å²) in [6.45, 7) is 3.07. The molecule has 0 unspecified atom stereocenters. The third-order valence-corrected chi connectivity index (χ3v) is 5.34. The summed E-state index contributed by atoms with van der Waals surface area (Å²) >= 11 is 0. The first-order valence-electron chi connectivity index (χ1n) is 10.5. The van der Waals surface area contributed by atoms with Gasteiger partial charge in [0.15, 0.2) is 17.3 Å². The first-order valence-corrected chi connectivity index (χ1v) is 10.5. The fourth-order valence-electron chi connectivity index (χ4n) is 3.58. The average molecular weight is 462 g/mol. The highest BCUT2D eigenvalue weighted by atomic mass is 16.5. The molecule has 0 bridgehead atoms. The van der Waals surface area contributed by atoms with Crippen LogP contribution < -0.4 is 4.74 Å². The molecular formula is C24H31NO8.